The number of benzene rings is 1. The minimum atomic E-state index is -3.46. The molecular formula is C18H26ClNO4S. The fraction of sp³-hybridized carbons (Fsp3) is 0.556. The number of hydrogen-bond donors (Lipinski definition) is 1. The minimum Gasteiger partial charge on any atom is -0.350 e. The summed E-state index contributed by atoms with van der Waals surface area (Å²) in [5, 5.41) is 1.80. The largest absolute Gasteiger partial charge is 0.350 e. The fourth-order valence-electron chi connectivity index (χ4n) is 2.72. The van der Waals surface area contributed by atoms with Crippen LogP contribution in [0.15, 0.2) is 29.7 Å². The first-order valence-corrected chi connectivity index (χ1v) is 10.4. The standard InChI is InChI=1S/C18H26ClNO4S/c1-3-18(2,17-23-12-13-24-17)10-4-11-20-25(21,22)14-9-15-5-7-16(19)8-6-15/h5-9,14,17,20H,3-4,10-13H2,1-2H3. The van der Waals surface area contributed by atoms with Crippen LogP contribution in [0, 0.1) is 5.41 Å². The molecule has 0 aromatic heterocycles. The van der Waals surface area contributed by atoms with E-state index in [-0.39, 0.29) is 11.7 Å². The molecule has 25 heavy (non-hydrogen) atoms. The van der Waals surface area contributed by atoms with Gasteiger partial charge in [0.1, 0.15) is 0 Å². The van der Waals surface area contributed by atoms with E-state index in [4.69, 9.17) is 21.1 Å². The van der Waals surface area contributed by atoms with E-state index in [1.807, 2.05) is 0 Å². The topological polar surface area (TPSA) is 64.6 Å². The molecule has 1 unspecified atom stereocenters. The van der Waals surface area contributed by atoms with Gasteiger partial charge in [0.2, 0.25) is 10.0 Å². The van der Waals surface area contributed by atoms with E-state index < -0.39 is 10.0 Å². The van der Waals surface area contributed by atoms with Gasteiger partial charge in [0.25, 0.3) is 0 Å². The van der Waals surface area contributed by atoms with E-state index in [0.29, 0.717) is 24.8 Å². The Hall–Kier alpha value is -0.920. The maximum Gasteiger partial charge on any atom is 0.233 e. The Morgan fingerprint density at radius 1 is 1.28 bits per heavy atom. The minimum absolute atomic E-state index is 0.0961. The van der Waals surface area contributed by atoms with Crippen LogP contribution in [0.1, 0.15) is 38.7 Å². The van der Waals surface area contributed by atoms with Crippen molar-refractivity contribution in [2.45, 2.75) is 39.4 Å². The smallest absolute Gasteiger partial charge is 0.233 e. The van der Waals surface area contributed by atoms with Crippen molar-refractivity contribution in [2.75, 3.05) is 19.8 Å². The van der Waals surface area contributed by atoms with Crippen LogP contribution in [0.5, 0.6) is 0 Å². The second kappa shape index (κ2) is 9.14. The molecule has 1 N–H and O–H groups in total. The molecule has 5 nitrogen and oxygen atoms in total. The molecule has 1 aliphatic heterocycles. The lowest BCUT2D eigenvalue weighted by molar-refractivity contribution is -0.131. The van der Waals surface area contributed by atoms with Crippen molar-refractivity contribution >= 4 is 27.7 Å². The van der Waals surface area contributed by atoms with E-state index in [0.717, 1.165) is 24.8 Å². The van der Waals surface area contributed by atoms with Crippen molar-refractivity contribution in [3.63, 3.8) is 0 Å². The Morgan fingerprint density at radius 3 is 2.52 bits per heavy atom. The number of rotatable bonds is 9. The van der Waals surface area contributed by atoms with Crippen LogP contribution in [-0.2, 0) is 19.5 Å². The van der Waals surface area contributed by atoms with Gasteiger partial charge in [0.05, 0.1) is 13.2 Å². The zero-order valence-corrected chi connectivity index (χ0v) is 16.3. The highest BCUT2D eigenvalue weighted by Crippen LogP contribution is 2.35. The Kier molecular flexibility index (Phi) is 7.46. The average molecular weight is 388 g/mol. The van der Waals surface area contributed by atoms with Crippen LogP contribution in [0.3, 0.4) is 0 Å². The van der Waals surface area contributed by atoms with Crippen molar-refractivity contribution in [2.24, 2.45) is 5.41 Å². The predicted octanol–water partition coefficient (Wildman–Crippen LogP) is 3.80. The maximum absolute atomic E-state index is 12.0. The lowest BCUT2D eigenvalue weighted by Gasteiger charge is -2.32. The van der Waals surface area contributed by atoms with Crippen LogP contribution in [0.25, 0.3) is 6.08 Å². The summed E-state index contributed by atoms with van der Waals surface area (Å²) in [7, 11) is -3.46. The van der Waals surface area contributed by atoms with E-state index in [1.165, 1.54) is 5.41 Å². The van der Waals surface area contributed by atoms with Gasteiger partial charge in [-0.05, 0) is 43.0 Å². The van der Waals surface area contributed by atoms with Crippen molar-refractivity contribution < 1.29 is 17.9 Å². The number of sulfonamides is 1. The molecule has 1 atom stereocenters. The Balaban J connectivity index is 1.80. The zero-order valence-electron chi connectivity index (χ0n) is 14.7. The molecule has 1 aromatic rings. The van der Waals surface area contributed by atoms with Gasteiger partial charge in [-0.15, -0.1) is 0 Å². The molecule has 0 saturated carbocycles. The van der Waals surface area contributed by atoms with Gasteiger partial charge in [-0.3, -0.25) is 0 Å². The lowest BCUT2D eigenvalue weighted by atomic mass is 9.82. The van der Waals surface area contributed by atoms with Crippen LogP contribution < -0.4 is 4.72 Å². The second-order valence-corrected chi connectivity index (χ2v) is 8.57. The summed E-state index contributed by atoms with van der Waals surface area (Å²) in [6.45, 7) is 5.86. The summed E-state index contributed by atoms with van der Waals surface area (Å²) in [5.74, 6) is 0. The summed E-state index contributed by atoms with van der Waals surface area (Å²) in [6, 6.07) is 6.98. The zero-order chi connectivity index (χ0) is 18.3. The third-order valence-electron chi connectivity index (χ3n) is 4.54. The van der Waals surface area contributed by atoms with Crippen LogP contribution in [-0.4, -0.2) is 34.5 Å². The van der Waals surface area contributed by atoms with E-state index in [9.17, 15) is 8.42 Å². The molecule has 0 spiro atoms. The number of halogens is 1. The van der Waals surface area contributed by atoms with Gasteiger partial charge >= 0.3 is 0 Å². The highest BCUT2D eigenvalue weighted by atomic mass is 35.5. The van der Waals surface area contributed by atoms with Crippen LogP contribution in [0.4, 0.5) is 0 Å². The van der Waals surface area contributed by atoms with Crippen LogP contribution >= 0.6 is 11.6 Å². The summed E-state index contributed by atoms with van der Waals surface area (Å²) in [5.41, 5.74) is 0.685. The molecule has 1 aromatic carbocycles. The molecule has 1 heterocycles. The van der Waals surface area contributed by atoms with E-state index >= 15 is 0 Å². The number of hydrogen-bond acceptors (Lipinski definition) is 4. The summed E-state index contributed by atoms with van der Waals surface area (Å²) >= 11 is 5.81. The maximum atomic E-state index is 12.0. The summed E-state index contributed by atoms with van der Waals surface area (Å²) < 4.78 is 37.9. The molecule has 7 heteroatoms. The van der Waals surface area contributed by atoms with Crippen molar-refractivity contribution in [1.29, 1.82) is 0 Å². The monoisotopic (exact) mass is 387 g/mol. The lowest BCUT2D eigenvalue weighted by Crippen LogP contribution is -2.34. The third-order valence-corrected chi connectivity index (χ3v) is 5.89. The molecule has 1 aliphatic rings. The normalized spacial score (nSPS) is 18.7. The highest BCUT2D eigenvalue weighted by molar-refractivity contribution is 7.92. The first-order chi connectivity index (χ1) is 11.8. The molecule has 0 amide bonds. The molecule has 1 fully saturated rings. The van der Waals surface area contributed by atoms with Gasteiger partial charge in [0.15, 0.2) is 6.29 Å². The molecule has 0 radical (unpaired) electrons. The van der Waals surface area contributed by atoms with Crippen molar-refractivity contribution in [3.05, 3.63) is 40.3 Å². The number of ether oxygens (including phenoxy) is 2. The van der Waals surface area contributed by atoms with Crippen molar-refractivity contribution in [3.8, 4) is 0 Å². The van der Waals surface area contributed by atoms with Crippen LogP contribution in [0.2, 0.25) is 5.02 Å². The summed E-state index contributed by atoms with van der Waals surface area (Å²) in [4.78, 5) is 0. The number of nitrogens with one attached hydrogen (secondary N) is 1. The van der Waals surface area contributed by atoms with Crippen molar-refractivity contribution in [1.82, 2.24) is 4.72 Å². The molecule has 0 bridgehead atoms. The Morgan fingerprint density at radius 2 is 1.92 bits per heavy atom. The SMILES string of the molecule is CCC(C)(CCCNS(=O)(=O)C=Cc1ccc(Cl)cc1)C1OCCO1. The Labute approximate surface area is 155 Å². The van der Waals surface area contributed by atoms with E-state index in [1.54, 1.807) is 30.3 Å². The van der Waals surface area contributed by atoms with Gasteiger partial charge in [-0.25, -0.2) is 13.1 Å². The van der Waals surface area contributed by atoms with E-state index in [2.05, 4.69) is 18.6 Å². The first kappa shape index (κ1) is 20.4. The molecule has 1 saturated heterocycles. The first-order valence-electron chi connectivity index (χ1n) is 8.51. The highest BCUT2D eigenvalue weighted by Gasteiger charge is 2.36. The molecule has 0 aliphatic carbocycles. The molecule has 140 valence electrons. The summed E-state index contributed by atoms with van der Waals surface area (Å²) in [6.07, 6.45) is 3.83. The van der Waals surface area contributed by atoms with Gasteiger partial charge in [-0.1, -0.05) is 37.6 Å². The van der Waals surface area contributed by atoms with Gasteiger partial charge in [0, 0.05) is 22.4 Å². The van der Waals surface area contributed by atoms with Gasteiger partial charge < -0.3 is 9.47 Å². The van der Waals surface area contributed by atoms with Gasteiger partial charge in [-0.2, -0.15) is 0 Å². The second-order valence-electron chi connectivity index (χ2n) is 6.48. The molecular weight excluding hydrogens is 362 g/mol. The fourth-order valence-corrected chi connectivity index (χ4v) is 3.71. The average Bonchev–Trinajstić information content (AvgIpc) is 3.13. The molecule has 2 rings (SSSR count). The predicted molar refractivity (Wildman–Crippen MR) is 101 cm³/mol. The quantitative estimate of drug-likeness (QED) is 0.654. The Bertz CT molecular complexity index is 669. The third kappa shape index (κ3) is 6.38.